The van der Waals surface area contributed by atoms with E-state index in [0.717, 1.165) is 11.8 Å². The Morgan fingerprint density at radius 3 is 2.54 bits per heavy atom. The first-order valence-corrected chi connectivity index (χ1v) is 9.81. The fourth-order valence-electron chi connectivity index (χ4n) is 2.58. The van der Waals surface area contributed by atoms with E-state index in [2.05, 4.69) is 10.6 Å². The van der Waals surface area contributed by atoms with E-state index in [1.54, 1.807) is 30.3 Å². The third-order valence-electron chi connectivity index (χ3n) is 4.03. The first-order valence-electron chi connectivity index (χ1n) is 7.91. The number of amides is 2. The zero-order valence-electron chi connectivity index (χ0n) is 14.3. The van der Waals surface area contributed by atoms with Crippen LogP contribution in [0.25, 0.3) is 0 Å². The van der Waals surface area contributed by atoms with Gasteiger partial charge < -0.3 is 15.4 Å². The fraction of sp³-hybridized carbons (Fsp3) is 0.222. The van der Waals surface area contributed by atoms with Crippen molar-refractivity contribution in [3.63, 3.8) is 0 Å². The number of ether oxygens (including phenoxy) is 1. The van der Waals surface area contributed by atoms with E-state index in [9.17, 15) is 18.0 Å². The summed E-state index contributed by atoms with van der Waals surface area (Å²) in [6, 6.07) is 10.9. The first kappa shape index (κ1) is 17.9. The second kappa shape index (κ2) is 6.80. The molecule has 1 heterocycles. The molecule has 1 atom stereocenters. The number of hydrogen-bond acceptors (Lipinski definition) is 5. The maximum absolute atomic E-state index is 12.5. The van der Waals surface area contributed by atoms with Crippen LogP contribution in [0.5, 0.6) is 5.75 Å². The molecule has 1 aliphatic heterocycles. The SMILES string of the molecule is CC(NC(=O)c1ccc2c(c1)OCC(=O)N2)c1ccc(S(C)(=O)=O)cc1. The first-order chi connectivity index (χ1) is 12.2. The number of anilines is 1. The second-order valence-corrected chi connectivity index (χ2v) is 8.10. The molecular weight excluding hydrogens is 356 g/mol. The summed E-state index contributed by atoms with van der Waals surface area (Å²) in [5, 5.41) is 5.52. The van der Waals surface area contributed by atoms with Crippen molar-refractivity contribution in [3.05, 3.63) is 53.6 Å². The van der Waals surface area contributed by atoms with Crippen LogP contribution in [-0.4, -0.2) is 33.1 Å². The zero-order chi connectivity index (χ0) is 18.9. The average Bonchev–Trinajstić information content (AvgIpc) is 2.60. The van der Waals surface area contributed by atoms with Crippen LogP contribution < -0.4 is 15.4 Å². The van der Waals surface area contributed by atoms with Gasteiger partial charge in [-0.2, -0.15) is 0 Å². The maximum Gasteiger partial charge on any atom is 0.262 e. The molecule has 0 radical (unpaired) electrons. The van der Waals surface area contributed by atoms with Gasteiger partial charge in [0.2, 0.25) is 0 Å². The van der Waals surface area contributed by atoms with Gasteiger partial charge in [-0.3, -0.25) is 9.59 Å². The van der Waals surface area contributed by atoms with E-state index in [1.807, 2.05) is 6.92 Å². The molecule has 26 heavy (non-hydrogen) atoms. The number of nitrogens with one attached hydrogen (secondary N) is 2. The van der Waals surface area contributed by atoms with E-state index in [-0.39, 0.29) is 29.4 Å². The Labute approximate surface area is 151 Å². The van der Waals surface area contributed by atoms with E-state index >= 15 is 0 Å². The lowest BCUT2D eigenvalue weighted by Gasteiger charge is -2.19. The monoisotopic (exact) mass is 374 g/mol. The van der Waals surface area contributed by atoms with Gasteiger partial charge in [0.1, 0.15) is 5.75 Å². The molecule has 2 N–H and O–H groups in total. The van der Waals surface area contributed by atoms with Crippen LogP contribution >= 0.6 is 0 Å². The number of benzene rings is 2. The topological polar surface area (TPSA) is 102 Å². The summed E-state index contributed by atoms with van der Waals surface area (Å²) in [4.78, 5) is 24.0. The molecule has 0 fully saturated rings. The molecule has 1 aliphatic rings. The molecule has 8 heteroatoms. The zero-order valence-corrected chi connectivity index (χ0v) is 15.1. The van der Waals surface area contributed by atoms with Gasteiger partial charge in [-0.25, -0.2) is 8.42 Å². The molecule has 0 aliphatic carbocycles. The average molecular weight is 374 g/mol. The summed E-state index contributed by atoms with van der Waals surface area (Å²) >= 11 is 0. The molecule has 0 bridgehead atoms. The van der Waals surface area contributed by atoms with E-state index in [0.29, 0.717) is 17.0 Å². The fourth-order valence-corrected chi connectivity index (χ4v) is 3.21. The predicted octanol–water partition coefficient (Wildman–Crippen LogP) is 1.91. The van der Waals surface area contributed by atoms with Crippen molar-refractivity contribution >= 4 is 27.3 Å². The van der Waals surface area contributed by atoms with Crippen LogP contribution in [0, 0.1) is 0 Å². The minimum atomic E-state index is -3.26. The Morgan fingerprint density at radius 2 is 1.88 bits per heavy atom. The molecule has 2 aromatic rings. The van der Waals surface area contributed by atoms with Crippen LogP contribution in [0.15, 0.2) is 47.4 Å². The Balaban J connectivity index is 1.72. The molecule has 2 amide bonds. The van der Waals surface area contributed by atoms with Gasteiger partial charge in [0.15, 0.2) is 16.4 Å². The Hall–Kier alpha value is -2.87. The molecule has 3 rings (SSSR count). The van der Waals surface area contributed by atoms with Crippen molar-refractivity contribution < 1.29 is 22.7 Å². The van der Waals surface area contributed by atoms with Gasteiger partial charge in [-0.1, -0.05) is 12.1 Å². The lowest BCUT2D eigenvalue weighted by molar-refractivity contribution is -0.118. The van der Waals surface area contributed by atoms with E-state index in [4.69, 9.17) is 4.74 Å². The van der Waals surface area contributed by atoms with E-state index < -0.39 is 9.84 Å². The van der Waals surface area contributed by atoms with Crippen molar-refractivity contribution in [2.75, 3.05) is 18.2 Å². The number of rotatable bonds is 4. The van der Waals surface area contributed by atoms with Crippen LogP contribution in [0.3, 0.4) is 0 Å². The smallest absolute Gasteiger partial charge is 0.262 e. The quantitative estimate of drug-likeness (QED) is 0.851. The summed E-state index contributed by atoms with van der Waals surface area (Å²) in [5.41, 5.74) is 1.72. The highest BCUT2D eigenvalue weighted by molar-refractivity contribution is 7.90. The Kier molecular flexibility index (Phi) is 4.69. The van der Waals surface area contributed by atoms with Gasteiger partial charge in [-0.05, 0) is 42.8 Å². The molecular formula is C18H18N2O5S. The number of hydrogen-bond donors (Lipinski definition) is 2. The largest absolute Gasteiger partial charge is 0.482 e. The maximum atomic E-state index is 12.5. The molecule has 136 valence electrons. The lowest BCUT2D eigenvalue weighted by Crippen LogP contribution is -2.28. The van der Waals surface area contributed by atoms with Crippen molar-refractivity contribution in [1.29, 1.82) is 0 Å². The highest BCUT2D eigenvalue weighted by Gasteiger charge is 2.19. The summed E-state index contributed by atoms with van der Waals surface area (Å²) in [6.07, 6.45) is 1.15. The van der Waals surface area contributed by atoms with Crippen LogP contribution in [0.2, 0.25) is 0 Å². The third kappa shape index (κ3) is 3.85. The molecule has 7 nitrogen and oxygen atoms in total. The normalized spacial score (nSPS) is 14.6. The Bertz CT molecular complexity index is 968. The van der Waals surface area contributed by atoms with Crippen molar-refractivity contribution in [2.45, 2.75) is 17.9 Å². The predicted molar refractivity (Wildman–Crippen MR) is 96.0 cm³/mol. The van der Waals surface area contributed by atoms with Crippen molar-refractivity contribution in [2.24, 2.45) is 0 Å². The van der Waals surface area contributed by atoms with Gasteiger partial charge in [0.25, 0.3) is 11.8 Å². The minimum Gasteiger partial charge on any atom is -0.482 e. The highest BCUT2D eigenvalue weighted by Crippen LogP contribution is 2.28. The number of carbonyl (C=O) groups excluding carboxylic acids is 2. The lowest BCUT2D eigenvalue weighted by atomic mass is 10.1. The number of carbonyl (C=O) groups is 2. The summed E-state index contributed by atoms with van der Waals surface area (Å²) in [6.45, 7) is 1.73. The molecule has 0 saturated heterocycles. The molecule has 0 spiro atoms. The molecule has 1 unspecified atom stereocenters. The molecule has 0 saturated carbocycles. The van der Waals surface area contributed by atoms with E-state index in [1.165, 1.54) is 12.1 Å². The Morgan fingerprint density at radius 1 is 1.19 bits per heavy atom. The van der Waals surface area contributed by atoms with Crippen LogP contribution in [-0.2, 0) is 14.6 Å². The number of sulfone groups is 1. The summed E-state index contributed by atoms with van der Waals surface area (Å²) in [7, 11) is -3.26. The van der Waals surface area contributed by atoms with Crippen LogP contribution in [0.1, 0.15) is 28.9 Å². The highest BCUT2D eigenvalue weighted by atomic mass is 32.2. The molecule has 2 aromatic carbocycles. The van der Waals surface area contributed by atoms with Gasteiger partial charge in [0, 0.05) is 11.8 Å². The standard InChI is InChI=1S/C18H18N2O5S/c1-11(12-3-6-14(7-4-12)26(2,23)24)19-18(22)13-5-8-15-16(9-13)25-10-17(21)20-15/h3-9,11H,10H2,1-2H3,(H,19,22)(H,20,21). The summed E-state index contributed by atoms with van der Waals surface area (Å²) < 4.78 is 28.3. The van der Waals surface area contributed by atoms with Crippen molar-refractivity contribution in [3.8, 4) is 5.75 Å². The van der Waals surface area contributed by atoms with Crippen LogP contribution in [0.4, 0.5) is 5.69 Å². The third-order valence-corrected chi connectivity index (χ3v) is 5.16. The van der Waals surface area contributed by atoms with Gasteiger partial charge in [0.05, 0.1) is 16.6 Å². The minimum absolute atomic E-state index is 0.0822. The van der Waals surface area contributed by atoms with Crippen molar-refractivity contribution in [1.82, 2.24) is 5.32 Å². The molecule has 0 aromatic heterocycles. The summed E-state index contributed by atoms with van der Waals surface area (Å²) in [5.74, 6) is -0.0868. The van der Waals surface area contributed by atoms with Gasteiger partial charge in [-0.15, -0.1) is 0 Å². The second-order valence-electron chi connectivity index (χ2n) is 6.08. The van der Waals surface area contributed by atoms with Gasteiger partial charge >= 0.3 is 0 Å². The number of fused-ring (bicyclic) bond motifs is 1.